The van der Waals surface area contributed by atoms with Crippen molar-refractivity contribution in [2.24, 2.45) is 11.8 Å². The zero-order valence-corrected chi connectivity index (χ0v) is 19.2. The SMILES string of the molecule is CCCNC(=O)[C@@H]1[C@H]2C(=O)N([C@H](C)CO)C(C(=O)Nc3ccccc3Cl)C23CC[C@H]1S3. The van der Waals surface area contributed by atoms with Crippen molar-refractivity contribution in [3.63, 3.8) is 0 Å². The molecule has 3 N–H and O–H groups in total. The predicted molar refractivity (Wildman–Crippen MR) is 121 cm³/mol. The molecule has 3 heterocycles. The predicted octanol–water partition coefficient (Wildman–Crippen LogP) is 2.28. The first kappa shape index (κ1) is 22.4. The Morgan fingerprint density at radius 2 is 2.10 bits per heavy atom. The first-order valence-corrected chi connectivity index (χ1v) is 12.1. The third-order valence-corrected chi connectivity index (χ3v) is 8.99. The summed E-state index contributed by atoms with van der Waals surface area (Å²) in [4.78, 5) is 41.6. The molecule has 0 saturated carbocycles. The van der Waals surface area contributed by atoms with Gasteiger partial charge in [-0.3, -0.25) is 14.4 Å². The minimum absolute atomic E-state index is 0.0213. The summed E-state index contributed by atoms with van der Waals surface area (Å²) in [6, 6.07) is 5.65. The molecule has 3 aliphatic heterocycles. The van der Waals surface area contributed by atoms with E-state index in [9.17, 15) is 19.5 Å². The summed E-state index contributed by atoms with van der Waals surface area (Å²) >= 11 is 7.85. The standard InChI is InChI=1S/C22H28ClN3O4S/c1-3-10-24-19(28)16-15-8-9-22(31-15)17(16)21(30)26(12(2)11-27)18(22)20(29)25-14-7-5-4-6-13(14)23/h4-7,12,15-18,27H,3,8-11H2,1-2H3,(H,24,28)(H,25,29)/t12-,15-,16+,17+,18?,22?/m1/s1. The summed E-state index contributed by atoms with van der Waals surface area (Å²) in [6.07, 6.45) is 2.29. The van der Waals surface area contributed by atoms with Crippen LogP contribution >= 0.6 is 23.4 Å². The third-order valence-electron chi connectivity index (χ3n) is 6.71. The number of hydrogen-bond donors (Lipinski definition) is 3. The fourth-order valence-electron chi connectivity index (χ4n) is 5.38. The van der Waals surface area contributed by atoms with Crippen LogP contribution in [0.2, 0.25) is 5.02 Å². The number of thioether (sulfide) groups is 1. The van der Waals surface area contributed by atoms with Gasteiger partial charge in [-0.1, -0.05) is 30.7 Å². The topological polar surface area (TPSA) is 98.7 Å². The fraction of sp³-hybridized carbons (Fsp3) is 0.591. The zero-order valence-electron chi connectivity index (χ0n) is 17.6. The molecule has 3 amide bonds. The summed E-state index contributed by atoms with van der Waals surface area (Å²) in [7, 11) is 0. The van der Waals surface area contributed by atoms with Crippen molar-refractivity contribution in [3.8, 4) is 0 Å². The Bertz CT molecular complexity index is 899. The van der Waals surface area contributed by atoms with E-state index in [2.05, 4.69) is 10.6 Å². The minimum Gasteiger partial charge on any atom is -0.394 e. The maximum absolute atomic E-state index is 13.6. The van der Waals surface area contributed by atoms with Crippen LogP contribution < -0.4 is 10.6 Å². The van der Waals surface area contributed by atoms with Crippen molar-refractivity contribution in [1.82, 2.24) is 10.2 Å². The van der Waals surface area contributed by atoms with Crippen molar-refractivity contribution < 1.29 is 19.5 Å². The van der Waals surface area contributed by atoms with E-state index in [0.29, 0.717) is 23.7 Å². The Morgan fingerprint density at radius 3 is 2.77 bits per heavy atom. The second-order valence-corrected chi connectivity index (χ2v) is 10.6. The molecule has 6 atom stereocenters. The molecule has 9 heteroatoms. The van der Waals surface area contributed by atoms with E-state index in [0.717, 1.165) is 12.8 Å². The molecular weight excluding hydrogens is 438 g/mol. The van der Waals surface area contributed by atoms with Gasteiger partial charge in [0.2, 0.25) is 17.7 Å². The minimum atomic E-state index is -0.776. The number of amides is 3. The number of carbonyl (C=O) groups excluding carboxylic acids is 3. The number of anilines is 1. The Morgan fingerprint density at radius 1 is 1.35 bits per heavy atom. The van der Waals surface area contributed by atoms with Gasteiger partial charge in [-0.05, 0) is 38.3 Å². The zero-order chi connectivity index (χ0) is 22.3. The summed E-state index contributed by atoms with van der Waals surface area (Å²) in [5, 5.41) is 16.1. The van der Waals surface area contributed by atoms with E-state index in [4.69, 9.17) is 11.6 Å². The molecule has 31 heavy (non-hydrogen) atoms. The lowest BCUT2D eigenvalue weighted by atomic mass is 9.70. The Labute approximate surface area is 191 Å². The lowest BCUT2D eigenvalue weighted by molar-refractivity contribution is -0.141. The molecule has 4 rings (SSSR count). The highest BCUT2D eigenvalue weighted by Crippen LogP contribution is 2.66. The number of nitrogens with zero attached hydrogens (tertiary/aromatic N) is 1. The average Bonchev–Trinajstić information content (AvgIpc) is 3.40. The second-order valence-electron chi connectivity index (χ2n) is 8.59. The van der Waals surface area contributed by atoms with E-state index >= 15 is 0 Å². The first-order chi connectivity index (χ1) is 14.9. The van der Waals surface area contributed by atoms with Crippen molar-refractivity contribution in [2.75, 3.05) is 18.5 Å². The van der Waals surface area contributed by atoms with E-state index in [-0.39, 0.29) is 29.6 Å². The molecule has 1 aromatic rings. The number of likely N-dealkylation sites (tertiary alicyclic amines) is 1. The highest BCUT2D eigenvalue weighted by molar-refractivity contribution is 8.02. The number of rotatable bonds is 7. The van der Waals surface area contributed by atoms with Crippen LogP contribution in [-0.4, -0.2) is 63.0 Å². The molecule has 0 radical (unpaired) electrons. The van der Waals surface area contributed by atoms with Crippen LogP contribution in [0.25, 0.3) is 0 Å². The molecule has 168 valence electrons. The number of aliphatic hydroxyl groups is 1. The van der Waals surface area contributed by atoms with Gasteiger partial charge in [0.25, 0.3) is 0 Å². The first-order valence-electron chi connectivity index (χ1n) is 10.8. The van der Waals surface area contributed by atoms with E-state index < -0.39 is 28.7 Å². The highest BCUT2D eigenvalue weighted by Gasteiger charge is 2.74. The van der Waals surface area contributed by atoms with Gasteiger partial charge in [0, 0.05) is 11.8 Å². The molecule has 1 aromatic carbocycles. The molecule has 1 spiro atoms. The lowest BCUT2D eigenvalue weighted by Crippen LogP contribution is -2.54. The van der Waals surface area contributed by atoms with Crippen molar-refractivity contribution in [2.45, 2.75) is 55.2 Å². The molecule has 7 nitrogen and oxygen atoms in total. The average molecular weight is 466 g/mol. The molecule has 3 aliphatic rings. The maximum atomic E-state index is 13.6. The van der Waals surface area contributed by atoms with Gasteiger partial charge in [-0.2, -0.15) is 0 Å². The molecule has 0 aromatic heterocycles. The van der Waals surface area contributed by atoms with Crippen LogP contribution in [-0.2, 0) is 14.4 Å². The largest absolute Gasteiger partial charge is 0.394 e. The van der Waals surface area contributed by atoms with Crippen molar-refractivity contribution in [1.29, 1.82) is 0 Å². The fourth-order valence-corrected chi connectivity index (χ4v) is 7.77. The van der Waals surface area contributed by atoms with Crippen LogP contribution in [0.4, 0.5) is 5.69 Å². The molecule has 3 saturated heterocycles. The molecule has 2 unspecified atom stereocenters. The Hall–Kier alpha value is -1.77. The molecule has 2 bridgehead atoms. The van der Waals surface area contributed by atoms with Crippen LogP contribution in [0.1, 0.15) is 33.1 Å². The number of carbonyl (C=O) groups is 3. The van der Waals surface area contributed by atoms with E-state index in [1.165, 1.54) is 4.90 Å². The summed E-state index contributed by atoms with van der Waals surface area (Å²) < 4.78 is -0.676. The number of benzene rings is 1. The van der Waals surface area contributed by atoms with Crippen LogP contribution in [0.5, 0.6) is 0 Å². The van der Waals surface area contributed by atoms with Crippen molar-refractivity contribution >= 4 is 46.8 Å². The summed E-state index contributed by atoms with van der Waals surface area (Å²) in [5.41, 5.74) is 0.479. The number of para-hydroxylation sites is 1. The van der Waals surface area contributed by atoms with E-state index in [1.807, 2.05) is 6.92 Å². The maximum Gasteiger partial charge on any atom is 0.248 e. The van der Waals surface area contributed by atoms with Crippen molar-refractivity contribution in [3.05, 3.63) is 29.3 Å². The molecule has 0 aliphatic carbocycles. The van der Waals surface area contributed by atoms with Gasteiger partial charge in [-0.25, -0.2) is 0 Å². The normalized spacial score (nSPS) is 32.1. The number of hydrogen-bond acceptors (Lipinski definition) is 5. The van der Waals surface area contributed by atoms with Gasteiger partial charge in [-0.15, -0.1) is 11.8 Å². The van der Waals surface area contributed by atoms with Crippen LogP contribution in [0.3, 0.4) is 0 Å². The van der Waals surface area contributed by atoms with Gasteiger partial charge >= 0.3 is 0 Å². The second kappa shape index (κ2) is 8.64. The highest BCUT2D eigenvalue weighted by atomic mass is 35.5. The molecule has 3 fully saturated rings. The summed E-state index contributed by atoms with van der Waals surface area (Å²) in [6.45, 7) is 4.02. The quantitative estimate of drug-likeness (QED) is 0.573. The van der Waals surface area contributed by atoms with Gasteiger partial charge in [0.15, 0.2) is 0 Å². The third kappa shape index (κ3) is 3.52. The van der Waals surface area contributed by atoms with Gasteiger partial charge < -0.3 is 20.6 Å². The number of aliphatic hydroxyl groups excluding tert-OH is 1. The Kier molecular flexibility index (Phi) is 6.25. The van der Waals surface area contributed by atoms with Crippen LogP contribution in [0.15, 0.2) is 24.3 Å². The summed E-state index contributed by atoms with van der Waals surface area (Å²) in [5.74, 6) is -1.67. The number of halogens is 1. The van der Waals surface area contributed by atoms with Gasteiger partial charge in [0.05, 0.1) is 39.9 Å². The Balaban J connectivity index is 1.70. The number of nitrogens with one attached hydrogen (secondary N) is 2. The van der Waals surface area contributed by atoms with E-state index in [1.54, 1.807) is 43.0 Å². The monoisotopic (exact) mass is 465 g/mol. The lowest BCUT2D eigenvalue weighted by Gasteiger charge is -2.36. The van der Waals surface area contributed by atoms with Gasteiger partial charge in [0.1, 0.15) is 6.04 Å². The number of fused-ring (bicyclic) bond motifs is 1. The smallest absolute Gasteiger partial charge is 0.248 e. The van der Waals surface area contributed by atoms with Crippen LogP contribution in [0, 0.1) is 11.8 Å². The molecular formula is C22H28ClN3O4S.